The summed E-state index contributed by atoms with van der Waals surface area (Å²) >= 11 is 0. The molecule has 0 aromatic carbocycles. The molecule has 4 aromatic rings. The second kappa shape index (κ2) is 8.91. The largest absolute Gasteiger partial charge is 0.385 e. The molecule has 1 aliphatic heterocycles. The predicted molar refractivity (Wildman–Crippen MR) is 133 cm³/mol. The van der Waals surface area contributed by atoms with Gasteiger partial charge in [-0.1, -0.05) is 12.2 Å². The molecule has 4 N–H and O–H groups in total. The quantitative estimate of drug-likeness (QED) is 0.408. The summed E-state index contributed by atoms with van der Waals surface area (Å²) in [5, 5.41) is 8.50. The van der Waals surface area contributed by atoms with E-state index in [1.165, 1.54) is 0 Å². The Bertz CT molecular complexity index is 1310. The van der Waals surface area contributed by atoms with E-state index in [2.05, 4.69) is 66.3 Å². The predicted octanol–water partition coefficient (Wildman–Crippen LogP) is 3.76. The highest BCUT2D eigenvalue weighted by molar-refractivity contribution is 5.94. The van der Waals surface area contributed by atoms with Crippen LogP contribution in [0.2, 0.25) is 0 Å². The monoisotopic (exact) mass is 440 g/mol. The number of fused-ring (bicyclic) bond motifs is 1. The first-order valence-electron chi connectivity index (χ1n) is 11.1. The van der Waals surface area contributed by atoms with E-state index in [1.54, 1.807) is 12.4 Å². The summed E-state index contributed by atoms with van der Waals surface area (Å²) in [7, 11) is 2.16. The van der Waals surface area contributed by atoms with E-state index in [-0.39, 0.29) is 0 Å². The van der Waals surface area contributed by atoms with Crippen LogP contribution in [0.4, 0.5) is 5.82 Å². The summed E-state index contributed by atoms with van der Waals surface area (Å²) in [4.78, 5) is 16.8. The van der Waals surface area contributed by atoms with Crippen LogP contribution in [0.3, 0.4) is 0 Å². The minimum absolute atomic E-state index is 0.640. The molecule has 5 rings (SSSR count). The van der Waals surface area contributed by atoms with Gasteiger partial charge < -0.3 is 20.5 Å². The highest BCUT2D eigenvalue weighted by Gasteiger charge is 2.21. The van der Waals surface area contributed by atoms with Crippen LogP contribution < -0.4 is 5.73 Å². The fourth-order valence-corrected chi connectivity index (χ4v) is 4.22. The molecule has 0 radical (unpaired) electrons. The van der Waals surface area contributed by atoms with Gasteiger partial charge in [-0.25, -0.2) is 4.98 Å². The molecular formula is C25H28N8. The number of nitrogens with two attached hydrogens (primary N) is 1. The van der Waals surface area contributed by atoms with Crippen molar-refractivity contribution in [3.05, 3.63) is 66.6 Å². The van der Waals surface area contributed by atoms with Gasteiger partial charge in [0.05, 0.1) is 11.4 Å². The van der Waals surface area contributed by atoms with Crippen LogP contribution in [0.15, 0.2) is 61.1 Å². The third-order valence-corrected chi connectivity index (χ3v) is 6.11. The average molecular weight is 441 g/mol. The van der Waals surface area contributed by atoms with Crippen molar-refractivity contribution in [1.29, 1.82) is 0 Å². The number of nitrogens with one attached hydrogen (secondary N) is 2. The Kier molecular flexibility index (Phi) is 5.66. The van der Waals surface area contributed by atoms with E-state index >= 15 is 0 Å². The van der Waals surface area contributed by atoms with Crippen molar-refractivity contribution < 1.29 is 0 Å². The minimum Gasteiger partial charge on any atom is -0.385 e. The Labute approximate surface area is 192 Å². The smallest absolute Gasteiger partial charge is 0.181 e. The molecule has 0 amide bonds. The van der Waals surface area contributed by atoms with E-state index < -0.39 is 0 Å². The fourth-order valence-electron chi connectivity index (χ4n) is 4.22. The Morgan fingerprint density at radius 2 is 1.88 bits per heavy atom. The number of pyridine rings is 2. The second-order valence-electron chi connectivity index (χ2n) is 8.31. The van der Waals surface area contributed by atoms with E-state index in [4.69, 9.17) is 5.73 Å². The molecule has 0 aliphatic carbocycles. The van der Waals surface area contributed by atoms with Crippen LogP contribution >= 0.6 is 0 Å². The summed E-state index contributed by atoms with van der Waals surface area (Å²) < 4.78 is 0. The number of hydrogen-bond donors (Lipinski definition) is 3. The first-order valence-corrected chi connectivity index (χ1v) is 11.1. The van der Waals surface area contributed by atoms with Gasteiger partial charge in [0.25, 0.3) is 0 Å². The molecule has 4 aromatic heterocycles. The van der Waals surface area contributed by atoms with Crippen LogP contribution in [0, 0.1) is 0 Å². The molecule has 33 heavy (non-hydrogen) atoms. The molecule has 168 valence electrons. The highest BCUT2D eigenvalue weighted by Crippen LogP contribution is 2.34. The lowest BCUT2D eigenvalue weighted by molar-refractivity contribution is 0.207. The number of nitrogens with zero attached hydrogens (tertiary/aromatic N) is 5. The maximum atomic E-state index is 6.50. The van der Waals surface area contributed by atoms with E-state index in [0.717, 1.165) is 65.3 Å². The number of aromatic amines is 2. The van der Waals surface area contributed by atoms with Gasteiger partial charge in [-0.2, -0.15) is 5.10 Å². The van der Waals surface area contributed by atoms with E-state index in [1.807, 2.05) is 31.3 Å². The zero-order valence-corrected chi connectivity index (χ0v) is 18.9. The third kappa shape index (κ3) is 4.12. The maximum Gasteiger partial charge on any atom is 0.181 e. The Hall–Kier alpha value is -3.91. The highest BCUT2D eigenvalue weighted by atomic mass is 15.3. The van der Waals surface area contributed by atoms with Crippen LogP contribution in [0.1, 0.15) is 12.5 Å². The van der Waals surface area contributed by atoms with Gasteiger partial charge >= 0.3 is 0 Å². The van der Waals surface area contributed by atoms with Crippen LogP contribution in [-0.2, 0) is 0 Å². The number of H-pyrrole nitrogens is 2. The molecule has 0 spiro atoms. The standard InChI is InChI=1S/C25H28N8/c1-3-4-5-22(33-12-10-32(2)11-13-33)19-15-21(29-24(19)26)23-20-14-18(16-28-25(20)31-30-23)17-6-8-27-9-7-17/h3-9,14-16,29H,10-13,26H2,1-2H3,(H,28,30,31)/b4-3?,22-5+. The molecule has 1 saturated heterocycles. The van der Waals surface area contributed by atoms with Crippen LogP contribution in [0.5, 0.6) is 0 Å². The summed E-state index contributed by atoms with van der Waals surface area (Å²) in [6.07, 6.45) is 11.6. The van der Waals surface area contributed by atoms with Gasteiger partial charge in [0.2, 0.25) is 0 Å². The minimum atomic E-state index is 0.640. The van der Waals surface area contributed by atoms with Crippen LogP contribution in [-0.4, -0.2) is 68.2 Å². The van der Waals surface area contributed by atoms with Crippen molar-refractivity contribution in [3.63, 3.8) is 0 Å². The normalized spacial score (nSPS) is 15.7. The van der Waals surface area contributed by atoms with Gasteiger partial charge in [0.1, 0.15) is 5.82 Å². The van der Waals surface area contributed by atoms with E-state index in [0.29, 0.717) is 11.5 Å². The molecule has 8 heteroatoms. The summed E-state index contributed by atoms with van der Waals surface area (Å²) in [5.74, 6) is 0.640. The molecule has 0 saturated carbocycles. The first kappa shape index (κ1) is 21.0. The SMILES string of the molecule is CC=C/C=C(\c1cc(-c2[nH]nc3ncc(-c4ccncc4)cc23)[nH]c1N)N1CCN(C)CC1. The molecule has 0 unspecified atom stereocenters. The molecular weight excluding hydrogens is 412 g/mol. The van der Waals surface area contributed by atoms with Gasteiger partial charge in [0.15, 0.2) is 5.65 Å². The number of likely N-dealkylation sites (N-methyl/N-ethyl adjacent to an activating group) is 1. The fraction of sp³-hybridized carbons (Fsp3) is 0.240. The molecule has 1 aliphatic rings. The zero-order valence-electron chi connectivity index (χ0n) is 18.9. The van der Waals surface area contributed by atoms with Crippen molar-refractivity contribution >= 4 is 22.5 Å². The number of aromatic nitrogens is 5. The van der Waals surface area contributed by atoms with Gasteiger partial charge in [-0.3, -0.25) is 10.1 Å². The maximum absolute atomic E-state index is 6.50. The lowest BCUT2D eigenvalue weighted by Gasteiger charge is -2.35. The molecule has 0 atom stereocenters. The Balaban J connectivity index is 1.55. The average Bonchev–Trinajstić information content (AvgIpc) is 3.44. The number of nitrogen functional groups attached to an aromatic ring is 1. The Morgan fingerprint density at radius 1 is 1.09 bits per heavy atom. The van der Waals surface area contributed by atoms with Crippen LogP contribution in [0.25, 0.3) is 39.2 Å². The van der Waals surface area contributed by atoms with E-state index in [9.17, 15) is 0 Å². The molecule has 1 fully saturated rings. The van der Waals surface area contributed by atoms with Crippen molar-refractivity contribution in [2.24, 2.45) is 0 Å². The van der Waals surface area contributed by atoms with Crippen molar-refractivity contribution in [2.45, 2.75) is 6.92 Å². The number of hydrogen-bond acceptors (Lipinski definition) is 6. The zero-order chi connectivity index (χ0) is 22.8. The number of piperazine rings is 1. The molecule has 5 heterocycles. The third-order valence-electron chi connectivity index (χ3n) is 6.11. The molecule has 0 bridgehead atoms. The van der Waals surface area contributed by atoms with Crippen molar-refractivity contribution in [2.75, 3.05) is 39.0 Å². The first-order chi connectivity index (χ1) is 16.1. The second-order valence-corrected chi connectivity index (χ2v) is 8.31. The summed E-state index contributed by atoms with van der Waals surface area (Å²) in [5.41, 5.74) is 13.1. The van der Waals surface area contributed by atoms with Crippen molar-refractivity contribution in [3.8, 4) is 22.5 Å². The lowest BCUT2D eigenvalue weighted by Crippen LogP contribution is -2.43. The summed E-state index contributed by atoms with van der Waals surface area (Å²) in [6.45, 7) is 6.00. The van der Waals surface area contributed by atoms with Gasteiger partial charge in [0, 0.05) is 67.0 Å². The topological polar surface area (TPSA) is 103 Å². The van der Waals surface area contributed by atoms with Gasteiger partial charge in [-0.15, -0.1) is 0 Å². The number of allylic oxidation sites excluding steroid dienone is 3. The number of anilines is 1. The molecule has 8 nitrogen and oxygen atoms in total. The van der Waals surface area contributed by atoms with Gasteiger partial charge in [-0.05, 0) is 49.9 Å². The summed E-state index contributed by atoms with van der Waals surface area (Å²) in [6, 6.07) is 8.16. The Morgan fingerprint density at radius 3 is 2.64 bits per heavy atom. The lowest BCUT2D eigenvalue weighted by atomic mass is 10.1. The van der Waals surface area contributed by atoms with Crippen molar-refractivity contribution in [1.82, 2.24) is 34.9 Å². The number of rotatable bonds is 5.